The van der Waals surface area contributed by atoms with Crippen molar-refractivity contribution in [2.24, 2.45) is 0 Å². The van der Waals surface area contributed by atoms with E-state index >= 15 is 0 Å². The molecule has 2 aromatic rings. The molecule has 5 nitrogen and oxygen atoms in total. The van der Waals surface area contributed by atoms with Gasteiger partial charge in [0.05, 0.1) is 0 Å². The topological polar surface area (TPSA) is 83.0 Å². The summed E-state index contributed by atoms with van der Waals surface area (Å²) in [7, 11) is 0. The number of hydrogen-bond acceptors (Lipinski definition) is 3. The van der Waals surface area contributed by atoms with Gasteiger partial charge in [-0.25, -0.2) is 4.98 Å². The molecule has 0 aliphatic heterocycles. The second kappa shape index (κ2) is 6.35. The van der Waals surface area contributed by atoms with Gasteiger partial charge in [0.15, 0.2) is 0 Å². The van der Waals surface area contributed by atoms with Gasteiger partial charge in [-0.05, 0) is 17.9 Å². The lowest BCUT2D eigenvalue weighted by Gasteiger charge is -2.07. The number of aryl methyl sites for hydroxylation is 1. The SMILES string of the molecule is CC(C)c1ccc(-c2ncc(CCC(=O)O)c(=O)[nH]2)cc1. The maximum atomic E-state index is 11.9. The summed E-state index contributed by atoms with van der Waals surface area (Å²) in [5, 5.41) is 8.64. The van der Waals surface area contributed by atoms with E-state index in [9.17, 15) is 9.59 Å². The van der Waals surface area contributed by atoms with E-state index in [1.165, 1.54) is 11.8 Å². The van der Waals surface area contributed by atoms with E-state index in [4.69, 9.17) is 5.11 Å². The molecule has 0 aliphatic carbocycles. The van der Waals surface area contributed by atoms with Crippen LogP contribution in [-0.4, -0.2) is 21.0 Å². The lowest BCUT2D eigenvalue weighted by Crippen LogP contribution is -2.15. The molecule has 21 heavy (non-hydrogen) atoms. The second-order valence-corrected chi connectivity index (χ2v) is 5.26. The standard InChI is InChI=1S/C16H18N2O3/c1-10(2)11-3-5-12(6-4-11)15-17-9-13(16(21)18-15)7-8-14(19)20/h3-6,9-10H,7-8H2,1-2H3,(H,19,20)(H,17,18,21). The highest BCUT2D eigenvalue weighted by atomic mass is 16.4. The first kappa shape index (κ1) is 15.0. The normalized spacial score (nSPS) is 10.8. The van der Waals surface area contributed by atoms with Crippen LogP contribution in [0.25, 0.3) is 11.4 Å². The van der Waals surface area contributed by atoms with Gasteiger partial charge >= 0.3 is 5.97 Å². The van der Waals surface area contributed by atoms with Crippen LogP contribution in [0.15, 0.2) is 35.3 Å². The van der Waals surface area contributed by atoms with Gasteiger partial charge in [0, 0.05) is 23.7 Å². The molecule has 0 radical (unpaired) electrons. The molecule has 2 N–H and O–H groups in total. The Morgan fingerprint density at radius 2 is 1.95 bits per heavy atom. The highest BCUT2D eigenvalue weighted by Gasteiger charge is 2.07. The zero-order valence-electron chi connectivity index (χ0n) is 12.1. The van der Waals surface area contributed by atoms with Crippen molar-refractivity contribution < 1.29 is 9.90 Å². The molecule has 110 valence electrons. The summed E-state index contributed by atoms with van der Waals surface area (Å²) in [6.45, 7) is 4.23. The van der Waals surface area contributed by atoms with Crippen LogP contribution in [0.3, 0.4) is 0 Å². The minimum absolute atomic E-state index is 0.0762. The molecule has 0 bridgehead atoms. The van der Waals surface area contributed by atoms with E-state index in [0.717, 1.165) is 5.56 Å². The first-order valence-electron chi connectivity index (χ1n) is 6.87. The highest BCUT2D eigenvalue weighted by Crippen LogP contribution is 2.19. The number of aliphatic carboxylic acids is 1. The Bertz CT molecular complexity index is 687. The van der Waals surface area contributed by atoms with Gasteiger partial charge < -0.3 is 10.1 Å². The molecule has 2 rings (SSSR count). The van der Waals surface area contributed by atoms with E-state index in [1.807, 2.05) is 24.3 Å². The average Bonchev–Trinajstić information content (AvgIpc) is 2.46. The quantitative estimate of drug-likeness (QED) is 0.885. The number of benzene rings is 1. The molecule has 1 heterocycles. The summed E-state index contributed by atoms with van der Waals surface area (Å²) in [6.07, 6.45) is 1.56. The number of carbonyl (C=O) groups is 1. The molecule has 5 heteroatoms. The summed E-state index contributed by atoms with van der Waals surface area (Å²) in [4.78, 5) is 29.4. The van der Waals surface area contributed by atoms with E-state index in [0.29, 0.717) is 17.3 Å². The monoisotopic (exact) mass is 286 g/mol. The van der Waals surface area contributed by atoms with Gasteiger partial charge in [-0.2, -0.15) is 0 Å². The maximum absolute atomic E-state index is 11.9. The first-order valence-corrected chi connectivity index (χ1v) is 6.87. The second-order valence-electron chi connectivity index (χ2n) is 5.26. The zero-order valence-corrected chi connectivity index (χ0v) is 12.1. The Morgan fingerprint density at radius 1 is 1.29 bits per heavy atom. The van der Waals surface area contributed by atoms with Gasteiger partial charge in [0.25, 0.3) is 5.56 Å². The molecule has 0 amide bonds. The molecule has 0 aliphatic rings. The van der Waals surface area contributed by atoms with Crippen LogP contribution in [0.1, 0.15) is 37.3 Å². The van der Waals surface area contributed by atoms with Crippen molar-refractivity contribution in [2.75, 3.05) is 0 Å². The number of nitrogens with zero attached hydrogens (tertiary/aromatic N) is 1. The van der Waals surface area contributed by atoms with Crippen molar-refractivity contribution in [2.45, 2.75) is 32.6 Å². The lowest BCUT2D eigenvalue weighted by molar-refractivity contribution is -0.136. The Kier molecular flexibility index (Phi) is 4.52. The fraction of sp³-hybridized carbons (Fsp3) is 0.312. The number of aromatic amines is 1. The fourth-order valence-electron chi connectivity index (χ4n) is 2.01. The van der Waals surface area contributed by atoms with Crippen molar-refractivity contribution in [1.29, 1.82) is 0 Å². The van der Waals surface area contributed by atoms with Crippen LogP contribution in [-0.2, 0) is 11.2 Å². The van der Waals surface area contributed by atoms with Crippen molar-refractivity contribution in [3.8, 4) is 11.4 Å². The average molecular weight is 286 g/mol. The van der Waals surface area contributed by atoms with Crippen LogP contribution >= 0.6 is 0 Å². The Morgan fingerprint density at radius 3 is 2.48 bits per heavy atom. The van der Waals surface area contributed by atoms with Crippen molar-refractivity contribution in [3.05, 3.63) is 51.9 Å². The Balaban J connectivity index is 2.23. The van der Waals surface area contributed by atoms with Crippen LogP contribution in [0.5, 0.6) is 0 Å². The predicted molar refractivity (Wildman–Crippen MR) is 80.3 cm³/mol. The molecular weight excluding hydrogens is 268 g/mol. The molecular formula is C16H18N2O3. The number of carboxylic acid groups (broad SMARTS) is 1. The van der Waals surface area contributed by atoms with Gasteiger partial charge in [-0.1, -0.05) is 38.1 Å². The minimum atomic E-state index is -0.928. The third kappa shape index (κ3) is 3.78. The van der Waals surface area contributed by atoms with E-state index in [-0.39, 0.29) is 18.4 Å². The lowest BCUT2D eigenvalue weighted by atomic mass is 10.0. The Hall–Kier alpha value is -2.43. The largest absolute Gasteiger partial charge is 0.481 e. The summed E-state index contributed by atoms with van der Waals surface area (Å²) in [5.74, 6) is 0.0154. The van der Waals surface area contributed by atoms with Gasteiger partial charge in [-0.15, -0.1) is 0 Å². The molecule has 1 aromatic heterocycles. The van der Waals surface area contributed by atoms with Crippen LogP contribution in [0, 0.1) is 0 Å². The van der Waals surface area contributed by atoms with Crippen LogP contribution in [0.2, 0.25) is 0 Å². The Labute approximate surface area is 122 Å². The maximum Gasteiger partial charge on any atom is 0.303 e. The molecule has 1 aromatic carbocycles. The number of rotatable bonds is 5. The molecule has 0 atom stereocenters. The first-order chi connectivity index (χ1) is 9.97. The molecule has 0 unspecified atom stereocenters. The summed E-state index contributed by atoms with van der Waals surface area (Å²) in [5.41, 5.74) is 2.16. The van der Waals surface area contributed by atoms with Crippen LogP contribution in [0.4, 0.5) is 0 Å². The number of nitrogens with one attached hydrogen (secondary N) is 1. The van der Waals surface area contributed by atoms with Crippen molar-refractivity contribution in [1.82, 2.24) is 9.97 Å². The van der Waals surface area contributed by atoms with E-state index in [1.54, 1.807) is 0 Å². The fourth-order valence-corrected chi connectivity index (χ4v) is 2.01. The number of H-pyrrole nitrogens is 1. The molecule has 0 saturated heterocycles. The van der Waals surface area contributed by atoms with Crippen molar-refractivity contribution >= 4 is 5.97 Å². The number of hydrogen-bond donors (Lipinski definition) is 2. The molecule has 0 saturated carbocycles. The van der Waals surface area contributed by atoms with Gasteiger partial charge in [0.2, 0.25) is 0 Å². The minimum Gasteiger partial charge on any atom is -0.481 e. The molecule has 0 fully saturated rings. The highest BCUT2D eigenvalue weighted by molar-refractivity contribution is 5.67. The number of aromatic nitrogens is 2. The smallest absolute Gasteiger partial charge is 0.303 e. The summed E-state index contributed by atoms with van der Waals surface area (Å²) >= 11 is 0. The summed E-state index contributed by atoms with van der Waals surface area (Å²) < 4.78 is 0. The van der Waals surface area contributed by atoms with Gasteiger partial charge in [-0.3, -0.25) is 9.59 Å². The number of carboxylic acids is 1. The van der Waals surface area contributed by atoms with Crippen LogP contribution < -0.4 is 5.56 Å². The molecule has 0 spiro atoms. The third-order valence-electron chi connectivity index (χ3n) is 3.33. The zero-order chi connectivity index (χ0) is 15.4. The predicted octanol–water partition coefficient (Wildman–Crippen LogP) is 2.58. The van der Waals surface area contributed by atoms with E-state index in [2.05, 4.69) is 23.8 Å². The van der Waals surface area contributed by atoms with Gasteiger partial charge in [0.1, 0.15) is 5.82 Å². The third-order valence-corrected chi connectivity index (χ3v) is 3.33. The van der Waals surface area contributed by atoms with Crippen molar-refractivity contribution in [3.63, 3.8) is 0 Å². The van der Waals surface area contributed by atoms with E-state index < -0.39 is 5.97 Å². The summed E-state index contributed by atoms with van der Waals surface area (Å²) in [6, 6.07) is 7.87.